The van der Waals surface area contributed by atoms with Gasteiger partial charge in [0.15, 0.2) is 11.6 Å². The van der Waals surface area contributed by atoms with Crippen LogP contribution in [0.4, 0.5) is 11.6 Å². The molecule has 0 unspecified atom stereocenters. The summed E-state index contributed by atoms with van der Waals surface area (Å²) in [6.45, 7) is 5.80. The molecular formula is C34H42N10O8. The van der Waals surface area contributed by atoms with Crippen LogP contribution in [-0.4, -0.2) is 96.0 Å². The number of carboxylic acids is 2. The van der Waals surface area contributed by atoms with Crippen molar-refractivity contribution in [3.05, 3.63) is 103 Å². The molecule has 0 bridgehead atoms. The number of hydrogen-bond acceptors (Lipinski definition) is 12. The van der Waals surface area contributed by atoms with Crippen LogP contribution in [0.25, 0.3) is 0 Å². The third-order valence-corrected chi connectivity index (χ3v) is 9.51. The lowest BCUT2D eigenvalue weighted by Crippen LogP contribution is -2.53. The van der Waals surface area contributed by atoms with E-state index in [1.165, 1.54) is 24.5 Å². The van der Waals surface area contributed by atoms with Crippen molar-refractivity contribution in [3.63, 3.8) is 0 Å². The zero-order valence-corrected chi connectivity index (χ0v) is 29.1. The standard InChI is InChI=1S/C34H42N10O8/c1-23-35-19-31(43(49)50)41(23)17-7-15-39(21-25-9-5-11-27(37-25)33(45)46)29-13-3-4-14-30(29)40(22-26-10-6-12-28(38-26)34(47)48)16-8-18-42-24(2)36-20-32(42)44(51)52/h5-6,9-12,19-20,29-30H,3-4,7-8,13-18,21-22H2,1-2H3,(H,45,46)(H,47,48)/t29-,30-/m1/s1. The van der Waals surface area contributed by atoms with Crippen molar-refractivity contribution in [2.45, 2.75) is 90.6 Å². The van der Waals surface area contributed by atoms with Crippen LogP contribution in [0.15, 0.2) is 48.8 Å². The maximum absolute atomic E-state index is 11.8. The SMILES string of the molecule is Cc1ncc([N+](=O)[O-])n1CCCN(Cc1cccc(C(=O)O)n1)[C@@H]1CCCC[C@H]1N(CCCn1c([N+](=O)[O-])cnc1C)Cc1cccc(C(=O)O)n1. The van der Waals surface area contributed by atoms with Crippen LogP contribution in [-0.2, 0) is 26.2 Å². The van der Waals surface area contributed by atoms with Crippen molar-refractivity contribution in [2.75, 3.05) is 13.1 Å². The summed E-state index contributed by atoms with van der Waals surface area (Å²) in [7, 11) is 0. The molecule has 0 spiro atoms. The summed E-state index contributed by atoms with van der Waals surface area (Å²) >= 11 is 0. The molecule has 5 rings (SSSR count). The summed E-state index contributed by atoms with van der Waals surface area (Å²) in [4.78, 5) is 67.5. The summed E-state index contributed by atoms with van der Waals surface area (Å²) in [6, 6.07) is 9.63. The molecule has 2 N–H and O–H groups in total. The van der Waals surface area contributed by atoms with E-state index in [2.05, 4.69) is 29.7 Å². The van der Waals surface area contributed by atoms with E-state index in [-0.39, 0.29) is 35.1 Å². The first kappa shape index (κ1) is 37.6. The predicted molar refractivity (Wildman–Crippen MR) is 186 cm³/mol. The number of carbonyl (C=O) groups is 2. The Labute approximate surface area is 299 Å². The Bertz CT molecular complexity index is 1770. The third-order valence-electron chi connectivity index (χ3n) is 9.51. The van der Waals surface area contributed by atoms with Gasteiger partial charge in [-0.25, -0.2) is 38.7 Å². The van der Waals surface area contributed by atoms with Gasteiger partial charge in [-0.1, -0.05) is 25.0 Å². The second kappa shape index (κ2) is 17.1. The van der Waals surface area contributed by atoms with Crippen LogP contribution in [0.3, 0.4) is 0 Å². The maximum atomic E-state index is 11.8. The minimum Gasteiger partial charge on any atom is -0.477 e. The molecule has 0 aromatic carbocycles. The van der Waals surface area contributed by atoms with E-state index in [9.17, 15) is 40.0 Å². The highest BCUT2D eigenvalue weighted by atomic mass is 16.6. The van der Waals surface area contributed by atoms with Gasteiger partial charge in [0.05, 0.1) is 24.5 Å². The molecule has 4 heterocycles. The molecule has 18 heteroatoms. The van der Waals surface area contributed by atoms with Crippen LogP contribution in [0.2, 0.25) is 0 Å². The number of imidazole rings is 2. The van der Waals surface area contributed by atoms with Crippen LogP contribution < -0.4 is 0 Å². The number of aromatic nitrogens is 6. The highest BCUT2D eigenvalue weighted by Gasteiger charge is 2.35. The maximum Gasteiger partial charge on any atom is 0.354 e. The molecule has 18 nitrogen and oxygen atoms in total. The lowest BCUT2D eigenvalue weighted by atomic mass is 9.87. The van der Waals surface area contributed by atoms with Crippen molar-refractivity contribution < 1.29 is 29.6 Å². The molecule has 1 aliphatic rings. The Morgan fingerprint density at radius 3 is 1.52 bits per heavy atom. The number of hydrogen-bond donors (Lipinski definition) is 2. The fraction of sp³-hybridized carbons (Fsp3) is 0.471. The molecule has 0 aliphatic heterocycles. The fourth-order valence-electron chi connectivity index (χ4n) is 7.08. The van der Waals surface area contributed by atoms with Gasteiger partial charge in [0, 0.05) is 52.1 Å². The zero-order chi connectivity index (χ0) is 37.4. The van der Waals surface area contributed by atoms with Crippen molar-refractivity contribution in [3.8, 4) is 0 Å². The number of nitrogens with zero attached hydrogens (tertiary/aromatic N) is 10. The summed E-state index contributed by atoms with van der Waals surface area (Å²) < 4.78 is 3.15. The minimum atomic E-state index is -1.14. The second-order valence-electron chi connectivity index (χ2n) is 12.9. The Morgan fingerprint density at radius 1 is 0.750 bits per heavy atom. The van der Waals surface area contributed by atoms with Gasteiger partial charge in [0.25, 0.3) is 0 Å². The Balaban J connectivity index is 1.45. The normalized spacial score (nSPS) is 16.0. The van der Waals surface area contributed by atoms with E-state index in [1.54, 1.807) is 47.2 Å². The molecule has 1 fully saturated rings. The van der Waals surface area contributed by atoms with Crippen molar-refractivity contribution in [2.24, 2.45) is 0 Å². The van der Waals surface area contributed by atoms with E-state index < -0.39 is 21.8 Å². The van der Waals surface area contributed by atoms with Crippen molar-refractivity contribution >= 4 is 23.6 Å². The number of rotatable bonds is 18. The lowest BCUT2D eigenvalue weighted by molar-refractivity contribution is -0.392. The van der Waals surface area contributed by atoms with Gasteiger partial charge < -0.3 is 30.4 Å². The molecule has 1 saturated carbocycles. The molecule has 1 aliphatic carbocycles. The predicted octanol–water partition coefficient (Wildman–Crippen LogP) is 4.50. The average molecular weight is 719 g/mol. The summed E-state index contributed by atoms with van der Waals surface area (Å²) in [5, 5.41) is 42.6. The van der Waals surface area contributed by atoms with Crippen LogP contribution in [0, 0.1) is 34.1 Å². The highest BCUT2D eigenvalue weighted by molar-refractivity contribution is 5.85. The van der Waals surface area contributed by atoms with Gasteiger partial charge in [-0.05, 0) is 59.8 Å². The van der Waals surface area contributed by atoms with Gasteiger partial charge in [-0.15, -0.1) is 0 Å². The average Bonchev–Trinajstić information content (AvgIpc) is 3.69. The molecule has 2 atom stereocenters. The van der Waals surface area contributed by atoms with Gasteiger partial charge in [-0.3, -0.25) is 9.80 Å². The van der Waals surface area contributed by atoms with Gasteiger partial charge in [0.2, 0.25) is 0 Å². The molecule has 52 heavy (non-hydrogen) atoms. The van der Waals surface area contributed by atoms with E-state index >= 15 is 0 Å². The minimum absolute atomic E-state index is 0.0603. The number of pyridine rings is 2. The van der Waals surface area contributed by atoms with Crippen LogP contribution in [0.1, 0.15) is 82.5 Å². The summed E-state index contributed by atoms with van der Waals surface area (Å²) in [6.07, 6.45) is 7.04. The highest BCUT2D eigenvalue weighted by Crippen LogP contribution is 2.30. The van der Waals surface area contributed by atoms with Gasteiger partial charge in [0.1, 0.15) is 23.8 Å². The topological polar surface area (TPSA) is 229 Å². The number of carboxylic acid groups (broad SMARTS) is 2. The van der Waals surface area contributed by atoms with E-state index in [0.29, 0.717) is 75.1 Å². The zero-order valence-electron chi connectivity index (χ0n) is 29.1. The van der Waals surface area contributed by atoms with Crippen LogP contribution in [0.5, 0.6) is 0 Å². The molecule has 4 aromatic rings. The van der Waals surface area contributed by atoms with E-state index in [4.69, 9.17) is 0 Å². The Kier molecular flexibility index (Phi) is 12.3. The van der Waals surface area contributed by atoms with Crippen molar-refractivity contribution in [1.82, 2.24) is 38.9 Å². The van der Waals surface area contributed by atoms with E-state index in [1.807, 2.05) is 0 Å². The van der Waals surface area contributed by atoms with E-state index in [0.717, 1.165) is 25.7 Å². The number of aromatic carboxylic acids is 2. The molecule has 276 valence electrons. The van der Waals surface area contributed by atoms with Gasteiger partial charge >= 0.3 is 23.6 Å². The lowest BCUT2D eigenvalue weighted by Gasteiger charge is -2.45. The quantitative estimate of drug-likeness (QED) is 0.107. The third kappa shape index (κ3) is 9.18. The Morgan fingerprint density at radius 2 is 1.15 bits per heavy atom. The Hall–Kier alpha value is -5.62. The second-order valence-corrected chi connectivity index (χ2v) is 12.9. The fourth-order valence-corrected chi connectivity index (χ4v) is 7.08. The number of nitro groups is 2. The molecular weight excluding hydrogens is 676 g/mol. The largest absolute Gasteiger partial charge is 0.477 e. The molecule has 4 aromatic heterocycles. The first-order valence-corrected chi connectivity index (χ1v) is 17.1. The smallest absolute Gasteiger partial charge is 0.354 e. The van der Waals surface area contributed by atoms with Crippen molar-refractivity contribution in [1.29, 1.82) is 0 Å². The first-order chi connectivity index (χ1) is 24.9. The van der Waals surface area contributed by atoms with Gasteiger partial charge in [-0.2, -0.15) is 0 Å². The monoisotopic (exact) mass is 718 g/mol. The molecule has 0 amide bonds. The molecule has 0 radical (unpaired) electrons. The summed E-state index contributed by atoms with van der Waals surface area (Å²) in [5.41, 5.74) is 0.994. The summed E-state index contributed by atoms with van der Waals surface area (Å²) in [5.74, 6) is -1.40. The number of aryl methyl sites for hydroxylation is 2. The first-order valence-electron chi connectivity index (χ1n) is 17.1. The van der Waals surface area contributed by atoms with Crippen LogP contribution >= 0.6 is 0 Å². The molecule has 0 saturated heterocycles.